The number of esters is 1. The van der Waals surface area contributed by atoms with Crippen LogP contribution in [0.4, 0.5) is 13.2 Å². The van der Waals surface area contributed by atoms with Crippen LogP contribution < -0.4 is 4.74 Å². The summed E-state index contributed by atoms with van der Waals surface area (Å²) in [5, 5.41) is 8.76. The molecule has 0 saturated heterocycles. The second-order valence-electron chi connectivity index (χ2n) is 3.22. The summed E-state index contributed by atoms with van der Waals surface area (Å²) in [7, 11) is 1.16. The maximum absolute atomic E-state index is 12.0. The third-order valence-electron chi connectivity index (χ3n) is 1.91. The molecular weight excluding hydrogens is 251 g/mol. The lowest BCUT2D eigenvalue weighted by Crippen LogP contribution is -2.19. The van der Waals surface area contributed by atoms with Crippen molar-refractivity contribution in [3.05, 3.63) is 29.3 Å². The maximum Gasteiger partial charge on any atom is 0.422 e. The van der Waals surface area contributed by atoms with E-state index in [2.05, 4.69) is 9.47 Å². The lowest BCUT2D eigenvalue weighted by atomic mass is 10.1. The van der Waals surface area contributed by atoms with Crippen molar-refractivity contribution in [1.82, 2.24) is 0 Å². The highest BCUT2D eigenvalue weighted by molar-refractivity contribution is 5.90. The first-order valence-corrected chi connectivity index (χ1v) is 4.69. The highest BCUT2D eigenvalue weighted by Gasteiger charge is 2.29. The van der Waals surface area contributed by atoms with Gasteiger partial charge in [0.05, 0.1) is 18.2 Å². The Balaban J connectivity index is 2.95. The molecule has 0 aliphatic rings. The van der Waals surface area contributed by atoms with Gasteiger partial charge in [-0.1, -0.05) is 0 Å². The first-order valence-electron chi connectivity index (χ1n) is 4.69. The third-order valence-corrected chi connectivity index (χ3v) is 1.91. The van der Waals surface area contributed by atoms with E-state index in [1.807, 2.05) is 0 Å². The molecule has 0 heterocycles. The number of benzene rings is 1. The molecule has 0 fully saturated rings. The van der Waals surface area contributed by atoms with Gasteiger partial charge in [0.1, 0.15) is 11.8 Å². The Bertz CT molecular complexity index is 491. The summed E-state index contributed by atoms with van der Waals surface area (Å²) < 4.78 is 44.8. The molecule has 96 valence electrons. The van der Waals surface area contributed by atoms with Crippen molar-refractivity contribution in [3.63, 3.8) is 0 Å². The summed E-state index contributed by atoms with van der Waals surface area (Å²) in [5.74, 6) is -0.920. The molecule has 18 heavy (non-hydrogen) atoms. The molecule has 0 atom stereocenters. The smallest absolute Gasteiger partial charge is 0.422 e. The summed E-state index contributed by atoms with van der Waals surface area (Å²) in [6.07, 6.45) is -4.49. The van der Waals surface area contributed by atoms with E-state index in [1.54, 1.807) is 6.07 Å². The van der Waals surface area contributed by atoms with Gasteiger partial charge in [-0.3, -0.25) is 0 Å². The summed E-state index contributed by atoms with van der Waals surface area (Å²) >= 11 is 0. The van der Waals surface area contributed by atoms with Gasteiger partial charge in [-0.15, -0.1) is 0 Å². The molecule has 7 heteroatoms. The number of nitrogens with zero attached hydrogens (tertiary/aromatic N) is 1. The molecule has 0 spiro atoms. The zero-order valence-corrected chi connectivity index (χ0v) is 9.25. The van der Waals surface area contributed by atoms with E-state index in [-0.39, 0.29) is 16.9 Å². The Kier molecular flexibility index (Phi) is 4.15. The number of alkyl halides is 3. The van der Waals surface area contributed by atoms with Crippen molar-refractivity contribution in [2.24, 2.45) is 0 Å². The van der Waals surface area contributed by atoms with E-state index in [9.17, 15) is 18.0 Å². The minimum absolute atomic E-state index is 0.0633. The molecule has 0 bridgehead atoms. The van der Waals surface area contributed by atoms with Crippen LogP contribution in [-0.2, 0) is 4.74 Å². The van der Waals surface area contributed by atoms with Gasteiger partial charge in [0.15, 0.2) is 6.61 Å². The molecule has 0 aliphatic heterocycles. The normalized spacial score (nSPS) is 10.6. The van der Waals surface area contributed by atoms with Crippen LogP contribution in [0.2, 0.25) is 0 Å². The zero-order valence-electron chi connectivity index (χ0n) is 9.25. The number of rotatable bonds is 3. The number of carbonyl (C=O) groups is 1. The van der Waals surface area contributed by atoms with Gasteiger partial charge in [-0.25, -0.2) is 4.79 Å². The molecule has 0 unspecified atom stereocenters. The van der Waals surface area contributed by atoms with E-state index < -0.39 is 18.8 Å². The summed E-state index contributed by atoms with van der Waals surface area (Å²) in [4.78, 5) is 11.2. The highest BCUT2D eigenvalue weighted by Crippen LogP contribution is 2.23. The number of carbonyl (C=O) groups excluding carboxylic acids is 1. The highest BCUT2D eigenvalue weighted by atomic mass is 19.4. The topological polar surface area (TPSA) is 59.3 Å². The van der Waals surface area contributed by atoms with Crippen LogP contribution in [0.1, 0.15) is 15.9 Å². The van der Waals surface area contributed by atoms with E-state index in [4.69, 9.17) is 5.26 Å². The standard InChI is InChI=1S/C11H8F3NO3/c1-17-10(16)7-2-3-9(8(4-7)5-15)18-6-11(12,13)14/h2-4H,6H2,1H3. The lowest BCUT2D eigenvalue weighted by molar-refractivity contribution is -0.153. The van der Waals surface area contributed by atoms with Gasteiger partial charge >= 0.3 is 12.1 Å². The van der Waals surface area contributed by atoms with Crippen LogP contribution in [0.15, 0.2) is 18.2 Å². The van der Waals surface area contributed by atoms with Gasteiger partial charge < -0.3 is 9.47 Å². The fraction of sp³-hybridized carbons (Fsp3) is 0.273. The average Bonchev–Trinajstić information content (AvgIpc) is 2.34. The van der Waals surface area contributed by atoms with E-state index in [1.165, 1.54) is 6.07 Å². The Labute approximate surface area is 101 Å². The zero-order chi connectivity index (χ0) is 13.8. The van der Waals surface area contributed by atoms with Crippen LogP contribution >= 0.6 is 0 Å². The second kappa shape index (κ2) is 5.40. The lowest BCUT2D eigenvalue weighted by Gasteiger charge is -2.10. The van der Waals surface area contributed by atoms with Crippen molar-refractivity contribution in [1.29, 1.82) is 5.26 Å². The number of hydrogen-bond donors (Lipinski definition) is 0. The van der Waals surface area contributed by atoms with Crippen LogP contribution in [0, 0.1) is 11.3 Å². The Morgan fingerprint density at radius 2 is 2.11 bits per heavy atom. The van der Waals surface area contributed by atoms with Gasteiger partial charge in [0.2, 0.25) is 0 Å². The summed E-state index contributed by atoms with van der Waals surface area (Å²) in [5.41, 5.74) is -0.101. The monoisotopic (exact) mass is 259 g/mol. The quantitative estimate of drug-likeness (QED) is 0.781. The second-order valence-corrected chi connectivity index (χ2v) is 3.22. The molecule has 0 saturated carbocycles. The maximum atomic E-state index is 12.0. The van der Waals surface area contributed by atoms with Gasteiger partial charge in [-0.05, 0) is 18.2 Å². The number of halogens is 3. The van der Waals surface area contributed by atoms with Gasteiger partial charge in [-0.2, -0.15) is 18.4 Å². The van der Waals surface area contributed by atoms with Crippen molar-refractivity contribution in [2.75, 3.05) is 13.7 Å². The van der Waals surface area contributed by atoms with Crippen molar-refractivity contribution >= 4 is 5.97 Å². The predicted octanol–water partition coefficient (Wildman–Crippen LogP) is 2.29. The van der Waals surface area contributed by atoms with Crippen LogP contribution in [0.25, 0.3) is 0 Å². The van der Waals surface area contributed by atoms with E-state index >= 15 is 0 Å². The first-order chi connectivity index (χ1) is 8.37. The van der Waals surface area contributed by atoms with Crippen molar-refractivity contribution in [3.8, 4) is 11.8 Å². The van der Waals surface area contributed by atoms with E-state index in [0.29, 0.717) is 0 Å². The minimum Gasteiger partial charge on any atom is -0.483 e. The van der Waals surface area contributed by atoms with E-state index in [0.717, 1.165) is 19.2 Å². The molecule has 0 radical (unpaired) electrons. The van der Waals surface area contributed by atoms with Gasteiger partial charge in [0.25, 0.3) is 0 Å². The van der Waals surface area contributed by atoms with Crippen molar-refractivity contribution in [2.45, 2.75) is 6.18 Å². The fourth-order valence-corrected chi connectivity index (χ4v) is 1.15. The molecule has 4 nitrogen and oxygen atoms in total. The molecule has 1 aromatic carbocycles. The SMILES string of the molecule is COC(=O)c1ccc(OCC(F)(F)F)c(C#N)c1. The van der Waals surface area contributed by atoms with Crippen LogP contribution in [-0.4, -0.2) is 25.9 Å². The summed E-state index contributed by atoms with van der Waals surface area (Å²) in [6, 6.07) is 5.10. The molecule has 0 aliphatic carbocycles. The molecule has 1 aromatic rings. The largest absolute Gasteiger partial charge is 0.483 e. The molecule has 0 N–H and O–H groups in total. The Hall–Kier alpha value is -2.23. The number of methoxy groups -OCH3 is 1. The molecule has 1 rings (SSSR count). The molecule has 0 aromatic heterocycles. The Morgan fingerprint density at radius 3 is 2.61 bits per heavy atom. The van der Waals surface area contributed by atoms with Crippen LogP contribution in [0.3, 0.4) is 0 Å². The molecular formula is C11H8F3NO3. The Morgan fingerprint density at radius 1 is 1.44 bits per heavy atom. The number of nitriles is 1. The van der Waals surface area contributed by atoms with Crippen LogP contribution in [0.5, 0.6) is 5.75 Å². The average molecular weight is 259 g/mol. The number of ether oxygens (including phenoxy) is 2. The number of hydrogen-bond acceptors (Lipinski definition) is 4. The minimum atomic E-state index is -4.49. The summed E-state index contributed by atoms with van der Waals surface area (Å²) in [6.45, 7) is -1.50. The first kappa shape index (κ1) is 13.8. The van der Waals surface area contributed by atoms with Crippen molar-refractivity contribution < 1.29 is 27.4 Å². The van der Waals surface area contributed by atoms with Gasteiger partial charge in [0, 0.05) is 0 Å². The third kappa shape index (κ3) is 3.66. The molecule has 0 amide bonds. The fourth-order valence-electron chi connectivity index (χ4n) is 1.15. The predicted molar refractivity (Wildman–Crippen MR) is 54.0 cm³/mol.